The van der Waals surface area contributed by atoms with E-state index in [0.29, 0.717) is 13.0 Å². The first-order valence-electron chi connectivity index (χ1n) is 14.6. The molecule has 1 heterocycles. The Morgan fingerprint density at radius 3 is 2.02 bits per heavy atom. The number of rotatable bonds is 13. The summed E-state index contributed by atoms with van der Waals surface area (Å²) in [5, 5.41) is 18.4. The van der Waals surface area contributed by atoms with Crippen LogP contribution in [0.2, 0.25) is 0 Å². The maximum Gasteiger partial charge on any atom is 0.335 e. The maximum atomic E-state index is 11.9. The second kappa shape index (κ2) is 13.8. The standard InChI is InChI=1S/C35H36N4O4S/c1-2-3-22-39-33(32(27-10-6-4-7-11-27)38-34(39)28-12-8-5-9-13-28)31(23-25-16-20-30(21-17-25)44(36,42)43)37-24-26-14-18-29(19-15-26)35(40)41/h4-21,31,37H,2-3,22-24H2,1H3,(H,40,41)(H2,36,42,43). The molecule has 0 saturated carbocycles. The minimum atomic E-state index is -3.81. The molecule has 5 aromatic rings. The summed E-state index contributed by atoms with van der Waals surface area (Å²) in [5.74, 6) is -0.0822. The van der Waals surface area contributed by atoms with Gasteiger partial charge in [-0.2, -0.15) is 0 Å². The summed E-state index contributed by atoms with van der Waals surface area (Å²) in [6.45, 7) is 3.42. The monoisotopic (exact) mass is 608 g/mol. The van der Waals surface area contributed by atoms with E-state index in [9.17, 15) is 18.3 Å². The smallest absolute Gasteiger partial charge is 0.335 e. The van der Waals surface area contributed by atoms with Gasteiger partial charge in [0.1, 0.15) is 5.82 Å². The number of aromatic nitrogens is 2. The molecule has 0 fully saturated rings. The van der Waals surface area contributed by atoms with Crippen LogP contribution >= 0.6 is 0 Å². The number of unbranched alkanes of at least 4 members (excludes halogenated alkanes) is 1. The third kappa shape index (κ3) is 7.31. The quantitative estimate of drug-likeness (QED) is 0.141. The highest BCUT2D eigenvalue weighted by Crippen LogP contribution is 2.35. The molecule has 0 radical (unpaired) electrons. The van der Waals surface area contributed by atoms with Crippen LogP contribution in [0.25, 0.3) is 22.6 Å². The molecule has 1 aromatic heterocycles. The van der Waals surface area contributed by atoms with Crippen LogP contribution in [0.4, 0.5) is 0 Å². The molecule has 0 spiro atoms. The van der Waals surface area contributed by atoms with Crippen molar-refractivity contribution in [3.8, 4) is 22.6 Å². The van der Waals surface area contributed by atoms with E-state index in [0.717, 1.165) is 58.9 Å². The number of nitrogens with zero attached hydrogens (tertiary/aromatic N) is 2. The van der Waals surface area contributed by atoms with Gasteiger partial charge in [-0.1, -0.05) is 98.3 Å². The van der Waals surface area contributed by atoms with Crippen LogP contribution < -0.4 is 10.5 Å². The zero-order valence-electron chi connectivity index (χ0n) is 24.6. The number of carboxylic acids is 1. The molecule has 0 aliphatic carbocycles. The minimum absolute atomic E-state index is 0.0635. The number of aromatic carboxylic acids is 1. The molecule has 1 atom stereocenters. The summed E-state index contributed by atoms with van der Waals surface area (Å²) in [6.07, 6.45) is 2.52. The van der Waals surface area contributed by atoms with Gasteiger partial charge >= 0.3 is 5.97 Å². The second-order valence-electron chi connectivity index (χ2n) is 10.7. The number of sulfonamides is 1. The molecule has 44 heavy (non-hydrogen) atoms. The molecular weight excluding hydrogens is 572 g/mol. The van der Waals surface area contributed by atoms with Crippen molar-refractivity contribution >= 4 is 16.0 Å². The van der Waals surface area contributed by atoms with Gasteiger partial charge in [0.15, 0.2) is 0 Å². The Morgan fingerprint density at radius 2 is 1.45 bits per heavy atom. The Kier molecular flexibility index (Phi) is 9.69. The van der Waals surface area contributed by atoms with Crippen LogP contribution in [-0.4, -0.2) is 29.0 Å². The van der Waals surface area contributed by atoms with Crippen LogP contribution in [0.15, 0.2) is 114 Å². The lowest BCUT2D eigenvalue weighted by molar-refractivity contribution is 0.0697. The summed E-state index contributed by atoms with van der Waals surface area (Å²) < 4.78 is 26.1. The number of carbonyl (C=O) groups is 1. The Hall–Kier alpha value is -4.57. The summed E-state index contributed by atoms with van der Waals surface area (Å²) in [5.41, 5.74) is 6.02. The van der Waals surface area contributed by atoms with E-state index in [2.05, 4.69) is 41.1 Å². The van der Waals surface area contributed by atoms with Gasteiger partial charge in [-0.05, 0) is 48.2 Å². The molecule has 0 aliphatic heterocycles. The van der Waals surface area contributed by atoms with E-state index < -0.39 is 16.0 Å². The van der Waals surface area contributed by atoms with Gasteiger partial charge in [-0.25, -0.2) is 23.3 Å². The second-order valence-corrected chi connectivity index (χ2v) is 12.3. The minimum Gasteiger partial charge on any atom is -0.478 e. The highest BCUT2D eigenvalue weighted by Gasteiger charge is 2.26. The normalized spacial score (nSPS) is 12.2. The Labute approximate surface area is 258 Å². The fraction of sp³-hybridized carbons (Fsp3) is 0.200. The Morgan fingerprint density at radius 1 is 0.864 bits per heavy atom. The van der Waals surface area contributed by atoms with Gasteiger partial charge in [0.05, 0.1) is 27.9 Å². The molecular formula is C35H36N4O4S. The Balaban J connectivity index is 1.64. The van der Waals surface area contributed by atoms with E-state index in [1.165, 1.54) is 12.1 Å². The number of hydrogen-bond acceptors (Lipinski definition) is 5. The van der Waals surface area contributed by atoms with Crippen LogP contribution in [0.5, 0.6) is 0 Å². The highest BCUT2D eigenvalue weighted by molar-refractivity contribution is 7.89. The lowest BCUT2D eigenvalue weighted by Gasteiger charge is -2.24. The SMILES string of the molecule is CCCCn1c(-c2ccccc2)nc(-c2ccccc2)c1C(Cc1ccc(S(N)(=O)=O)cc1)NCc1ccc(C(=O)O)cc1. The van der Waals surface area contributed by atoms with Gasteiger partial charge in [0, 0.05) is 24.2 Å². The highest BCUT2D eigenvalue weighted by atomic mass is 32.2. The zero-order chi connectivity index (χ0) is 31.1. The fourth-order valence-corrected chi connectivity index (χ4v) is 5.82. The number of carboxylic acid groups (broad SMARTS) is 1. The molecule has 226 valence electrons. The lowest BCUT2D eigenvalue weighted by atomic mass is 9.98. The average Bonchev–Trinajstić information content (AvgIpc) is 3.42. The Bertz CT molecular complexity index is 1800. The predicted molar refractivity (Wildman–Crippen MR) is 173 cm³/mol. The number of benzene rings is 4. The molecule has 5 rings (SSSR count). The first kappa shape index (κ1) is 30.9. The van der Waals surface area contributed by atoms with Crippen molar-refractivity contribution in [2.75, 3.05) is 0 Å². The maximum absolute atomic E-state index is 11.9. The van der Waals surface area contributed by atoms with Crippen LogP contribution in [0.3, 0.4) is 0 Å². The number of primary sulfonamides is 1. The van der Waals surface area contributed by atoms with Gasteiger partial charge in [-0.15, -0.1) is 0 Å². The summed E-state index contributed by atoms with van der Waals surface area (Å²) in [7, 11) is -3.81. The molecule has 4 aromatic carbocycles. The van der Waals surface area contributed by atoms with Crippen LogP contribution in [-0.2, 0) is 29.5 Å². The van der Waals surface area contributed by atoms with Gasteiger partial charge in [0.2, 0.25) is 10.0 Å². The first-order chi connectivity index (χ1) is 21.2. The lowest BCUT2D eigenvalue weighted by Crippen LogP contribution is -2.26. The molecule has 1 unspecified atom stereocenters. The molecule has 0 saturated heterocycles. The van der Waals surface area contributed by atoms with Crippen molar-refractivity contribution in [2.24, 2.45) is 5.14 Å². The predicted octanol–water partition coefficient (Wildman–Crippen LogP) is 6.44. The summed E-state index contributed by atoms with van der Waals surface area (Å²) in [6, 6.07) is 33.6. The van der Waals surface area contributed by atoms with Crippen molar-refractivity contribution in [3.05, 3.63) is 132 Å². The van der Waals surface area contributed by atoms with Gasteiger partial charge < -0.3 is 15.0 Å². The van der Waals surface area contributed by atoms with E-state index in [4.69, 9.17) is 10.1 Å². The van der Waals surface area contributed by atoms with Crippen molar-refractivity contribution < 1.29 is 18.3 Å². The van der Waals surface area contributed by atoms with Gasteiger partial charge in [-0.3, -0.25) is 0 Å². The number of hydrogen-bond donors (Lipinski definition) is 3. The molecule has 0 aliphatic rings. The number of nitrogens with one attached hydrogen (secondary N) is 1. The molecule has 9 heteroatoms. The van der Waals surface area contributed by atoms with E-state index in [-0.39, 0.29) is 16.5 Å². The van der Waals surface area contributed by atoms with Crippen LogP contribution in [0.1, 0.15) is 53.0 Å². The average molecular weight is 609 g/mol. The van der Waals surface area contributed by atoms with Crippen LogP contribution in [0, 0.1) is 0 Å². The summed E-state index contributed by atoms with van der Waals surface area (Å²) >= 11 is 0. The van der Waals surface area contributed by atoms with Crippen molar-refractivity contribution in [2.45, 2.75) is 50.2 Å². The third-order valence-corrected chi connectivity index (χ3v) is 8.53. The number of imidazole rings is 1. The van der Waals surface area contributed by atoms with Crippen molar-refractivity contribution in [3.63, 3.8) is 0 Å². The zero-order valence-corrected chi connectivity index (χ0v) is 25.4. The van der Waals surface area contributed by atoms with Gasteiger partial charge in [0.25, 0.3) is 0 Å². The molecule has 8 nitrogen and oxygen atoms in total. The van der Waals surface area contributed by atoms with Crippen molar-refractivity contribution in [1.82, 2.24) is 14.9 Å². The molecule has 0 bridgehead atoms. The topological polar surface area (TPSA) is 127 Å². The van der Waals surface area contributed by atoms with E-state index in [1.54, 1.807) is 24.3 Å². The van der Waals surface area contributed by atoms with E-state index >= 15 is 0 Å². The third-order valence-electron chi connectivity index (χ3n) is 7.60. The first-order valence-corrected chi connectivity index (χ1v) is 16.2. The van der Waals surface area contributed by atoms with Crippen molar-refractivity contribution in [1.29, 1.82) is 0 Å². The largest absolute Gasteiger partial charge is 0.478 e. The fourth-order valence-electron chi connectivity index (χ4n) is 5.30. The molecule has 4 N–H and O–H groups in total. The number of nitrogens with two attached hydrogens (primary N) is 1. The van der Waals surface area contributed by atoms with E-state index in [1.807, 2.05) is 48.5 Å². The summed E-state index contributed by atoms with van der Waals surface area (Å²) in [4.78, 5) is 16.7. The molecule has 0 amide bonds.